The molecule has 1 aliphatic heterocycles. The lowest BCUT2D eigenvalue weighted by Crippen LogP contribution is -2.37. The van der Waals surface area contributed by atoms with Crippen LogP contribution < -0.4 is 0 Å². The van der Waals surface area contributed by atoms with Gasteiger partial charge in [0.1, 0.15) is 5.82 Å². The van der Waals surface area contributed by atoms with E-state index in [0.717, 1.165) is 53.6 Å². The van der Waals surface area contributed by atoms with E-state index in [9.17, 15) is 4.79 Å². The van der Waals surface area contributed by atoms with Crippen LogP contribution in [-0.2, 0) is 24.8 Å². The molecule has 1 aliphatic rings. The highest BCUT2D eigenvalue weighted by atomic mass is 32.2. The van der Waals surface area contributed by atoms with E-state index in [4.69, 9.17) is 4.98 Å². The lowest BCUT2D eigenvalue weighted by molar-refractivity contribution is -0.136. The molecule has 0 spiro atoms. The quantitative estimate of drug-likeness (QED) is 0.580. The van der Waals surface area contributed by atoms with Crippen LogP contribution in [0, 0.1) is 5.92 Å². The number of aromatic nitrogens is 5. The molecule has 0 bridgehead atoms. The van der Waals surface area contributed by atoms with Gasteiger partial charge < -0.3 is 14.0 Å². The molecule has 8 heteroatoms. The Morgan fingerprint density at radius 2 is 2.10 bits per heavy atom. The van der Waals surface area contributed by atoms with Crippen LogP contribution in [0.3, 0.4) is 0 Å². The summed E-state index contributed by atoms with van der Waals surface area (Å²) in [6.07, 6.45) is 4.78. The Hall–Kier alpha value is -2.35. The van der Waals surface area contributed by atoms with Gasteiger partial charge in [-0.3, -0.25) is 4.79 Å². The molecule has 2 aromatic heterocycles. The van der Waals surface area contributed by atoms with Gasteiger partial charge in [0.15, 0.2) is 11.0 Å². The van der Waals surface area contributed by atoms with Gasteiger partial charge in [-0.1, -0.05) is 37.7 Å². The number of carbonyl (C=O) groups is 1. The number of amides is 1. The van der Waals surface area contributed by atoms with Gasteiger partial charge in [0.25, 0.3) is 0 Å². The number of benzene rings is 1. The number of hydrogen-bond donors (Lipinski definition) is 0. The van der Waals surface area contributed by atoms with Gasteiger partial charge in [-0.15, -0.1) is 10.2 Å². The number of likely N-dealkylation sites (tertiary alicyclic amines) is 1. The molecule has 1 amide bonds. The predicted molar refractivity (Wildman–Crippen MR) is 115 cm³/mol. The molecular formula is C21H28N6OS. The SMILES string of the molecule is CCc1nc2ccccc2n1C[C@H](C)C(=O)N1CCC[C@H]1c1nnc(SC)n1C. The second-order valence-corrected chi connectivity index (χ2v) is 8.45. The molecule has 1 saturated heterocycles. The molecule has 154 valence electrons. The number of hydrogen-bond acceptors (Lipinski definition) is 5. The van der Waals surface area contributed by atoms with Crippen LogP contribution in [0.2, 0.25) is 0 Å². The van der Waals surface area contributed by atoms with Crippen LogP contribution in [0.25, 0.3) is 11.0 Å². The molecule has 4 rings (SSSR count). The van der Waals surface area contributed by atoms with E-state index < -0.39 is 0 Å². The Bertz CT molecular complexity index is 1030. The molecule has 0 aliphatic carbocycles. The van der Waals surface area contributed by atoms with E-state index >= 15 is 0 Å². The number of fused-ring (bicyclic) bond motifs is 1. The normalized spacial score (nSPS) is 17.9. The van der Waals surface area contributed by atoms with Gasteiger partial charge in [0.05, 0.1) is 23.0 Å². The molecule has 3 aromatic rings. The zero-order valence-electron chi connectivity index (χ0n) is 17.5. The average Bonchev–Trinajstić information content (AvgIpc) is 3.44. The third kappa shape index (κ3) is 3.54. The van der Waals surface area contributed by atoms with Crippen molar-refractivity contribution in [2.75, 3.05) is 12.8 Å². The minimum absolute atomic E-state index is 0.00790. The topological polar surface area (TPSA) is 68.8 Å². The van der Waals surface area contributed by atoms with Gasteiger partial charge in [-0.05, 0) is 31.2 Å². The lowest BCUT2D eigenvalue weighted by Gasteiger charge is -2.27. The first-order valence-electron chi connectivity index (χ1n) is 10.2. The summed E-state index contributed by atoms with van der Waals surface area (Å²) in [6, 6.07) is 8.16. The zero-order valence-corrected chi connectivity index (χ0v) is 18.3. The van der Waals surface area contributed by atoms with Crippen molar-refractivity contribution in [1.82, 2.24) is 29.2 Å². The average molecular weight is 413 g/mol. The van der Waals surface area contributed by atoms with E-state index in [-0.39, 0.29) is 17.9 Å². The third-order valence-electron chi connectivity index (χ3n) is 5.81. The maximum Gasteiger partial charge on any atom is 0.227 e. The van der Waals surface area contributed by atoms with Crippen LogP contribution >= 0.6 is 11.8 Å². The first-order valence-corrected chi connectivity index (χ1v) is 11.5. The number of carbonyl (C=O) groups excluding carboxylic acids is 1. The van der Waals surface area contributed by atoms with Gasteiger partial charge in [-0.25, -0.2) is 4.98 Å². The summed E-state index contributed by atoms with van der Waals surface area (Å²) in [5, 5.41) is 9.53. The number of thioether (sulfide) groups is 1. The van der Waals surface area contributed by atoms with Crippen LogP contribution in [0.5, 0.6) is 0 Å². The maximum atomic E-state index is 13.4. The highest BCUT2D eigenvalue weighted by Gasteiger charge is 2.35. The summed E-state index contributed by atoms with van der Waals surface area (Å²) in [4.78, 5) is 20.2. The smallest absolute Gasteiger partial charge is 0.227 e. The van der Waals surface area contributed by atoms with Crippen LogP contribution in [0.1, 0.15) is 44.4 Å². The van der Waals surface area contributed by atoms with Crippen molar-refractivity contribution < 1.29 is 4.79 Å². The minimum atomic E-state index is -0.133. The Labute approximate surface area is 175 Å². The molecule has 1 aromatic carbocycles. The van der Waals surface area contributed by atoms with E-state index in [0.29, 0.717) is 6.54 Å². The molecule has 0 N–H and O–H groups in total. The lowest BCUT2D eigenvalue weighted by atomic mass is 10.1. The van der Waals surface area contributed by atoms with Gasteiger partial charge in [0, 0.05) is 26.6 Å². The van der Waals surface area contributed by atoms with Crippen molar-refractivity contribution in [2.24, 2.45) is 13.0 Å². The molecule has 0 unspecified atom stereocenters. The van der Waals surface area contributed by atoms with Crippen LogP contribution in [0.15, 0.2) is 29.4 Å². The van der Waals surface area contributed by atoms with Crippen LogP contribution in [-0.4, -0.2) is 47.9 Å². The van der Waals surface area contributed by atoms with Gasteiger partial charge in [0.2, 0.25) is 5.91 Å². The molecule has 2 atom stereocenters. The fourth-order valence-corrected chi connectivity index (χ4v) is 4.82. The van der Waals surface area contributed by atoms with E-state index in [2.05, 4.69) is 27.8 Å². The monoisotopic (exact) mass is 412 g/mol. The number of imidazole rings is 1. The number of para-hydroxylation sites is 2. The molecular weight excluding hydrogens is 384 g/mol. The minimum Gasteiger partial charge on any atom is -0.332 e. The summed E-state index contributed by atoms with van der Waals surface area (Å²) in [5.74, 6) is 1.96. The van der Waals surface area contributed by atoms with Gasteiger partial charge in [-0.2, -0.15) is 0 Å². The summed E-state index contributed by atoms with van der Waals surface area (Å²) in [6.45, 7) is 5.55. The Balaban J connectivity index is 1.57. The van der Waals surface area contributed by atoms with Gasteiger partial charge >= 0.3 is 0 Å². The van der Waals surface area contributed by atoms with Crippen molar-refractivity contribution in [2.45, 2.75) is 50.9 Å². The summed E-state index contributed by atoms with van der Waals surface area (Å²) >= 11 is 1.57. The van der Waals surface area contributed by atoms with Crippen LogP contribution in [0.4, 0.5) is 0 Å². The first-order chi connectivity index (χ1) is 14.0. The van der Waals surface area contributed by atoms with Crippen molar-refractivity contribution in [3.05, 3.63) is 35.9 Å². The van der Waals surface area contributed by atoms with Crippen molar-refractivity contribution >= 4 is 28.7 Å². The highest BCUT2D eigenvalue weighted by molar-refractivity contribution is 7.98. The number of rotatable bonds is 6. The van der Waals surface area contributed by atoms with Crippen molar-refractivity contribution in [3.8, 4) is 0 Å². The molecule has 1 fully saturated rings. The third-order valence-corrected chi connectivity index (χ3v) is 6.53. The fraction of sp³-hybridized carbons (Fsp3) is 0.524. The van der Waals surface area contributed by atoms with E-state index in [1.54, 1.807) is 11.8 Å². The molecule has 0 saturated carbocycles. The van der Waals surface area contributed by atoms with Crippen molar-refractivity contribution in [1.29, 1.82) is 0 Å². The second-order valence-electron chi connectivity index (χ2n) is 7.68. The van der Waals surface area contributed by atoms with E-state index in [1.807, 2.05) is 47.9 Å². The second kappa shape index (κ2) is 8.18. The highest BCUT2D eigenvalue weighted by Crippen LogP contribution is 2.33. The maximum absolute atomic E-state index is 13.4. The Morgan fingerprint density at radius 1 is 1.31 bits per heavy atom. The summed E-state index contributed by atoms with van der Waals surface area (Å²) in [5.41, 5.74) is 2.09. The Kier molecular flexibility index (Phi) is 5.63. The van der Waals surface area contributed by atoms with E-state index in [1.165, 1.54) is 0 Å². The standard InChI is InChI=1S/C21H28N6OS/c1-5-18-22-15-9-6-7-10-16(15)27(18)13-14(2)20(28)26-12-8-11-17(26)19-23-24-21(29-4)25(19)3/h6-7,9-10,14,17H,5,8,11-13H2,1-4H3/t14-,17-/m0/s1. The summed E-state index contributed by atoms with van der Waals surface area (Å²) < 4.78 is 4.22. The number of nitrogens with zero attached hydrogens (tertiary/aromatic N) is 6. The fourth-order valence-electron chi connectivity index (χ4n) is 4.33. The molecule has 3 heterocycles. The molecule has 29 heavy (non-hydrogen) atoms. The number of aryl methyl sites for hydroxylation is 1. The molecule has 0 radical (unpaired) electrons. The van der Waals surface area contributed by atoms with Crippen molar-refractivity contribution in [3.63, 3.8) is 0 Å². The summed E-state index contributed by atoms with van der Waals surface area (Å²) in [7, 11) is 1.98. The largest absolute Gasteiger partial charge is 0.332 e. The first kappa shape index (κ1) is 19.9. The Morgan fingerprint density at radius 3 is 2.83 bits per heavy atom. The molecule has 7 nitrogen and oxygen atoms in total. The zero-order chi connectivity index (χ0) is 20.5. The predicted octanol–water partition coefficient (Wildman–Crippen LogP) is 3.45.